The zero-order valence-electron chi connectivity index (χ0n) is 22.3. The van der Waals surface area contributed by atoms with E-state index in [-0.39, 0.29) is 28.4 Å². The van der Waals surface area contributed by atoms with Crippen molar-refractivity contribution in [3.05, 3.63) is 97.5 Å². The average molecular weight is 678 g/mol. The standard InChI is InChI=1S/C30H24Cl5F2NO4/c1-3-42-14(2)24(39)13-19-23(36)9-5-16(28(19)37)11-25(40)18-12-17(6-8-20(18)31)38-29(41)27-26(30(27,34)35)15-4-7-21(32)22(33)10-15/h4-10,12,14,26-27H,3,11,13H2,1-2H3,(H,38,41)/t14?,26-,27+/m0/s1. The summed E-state index contributed by atoms with van der Waals surface area (Å²) in [7, 11) is 0. The maximum Gasteiger partial charge on any atom is 0.231 e. The minimum atomic E-state index is -1.40. The van der Waals surface area contributed by atoms with Crippen molar-refractivity contribution >= 4 is 81.2 Å². The van der Waals surface area contributed by atoms with Crippen molar-refractivity contribution in [1.29, 1.82) is 0 Å². The largest absolute Gasteiger partial charge is 0.371 e. The van der Waals surface area contributed by atoms with Gasteiger partial charge >= 0.3 is 0 Å². The maximum absolute atomic E-state index is 15.2. The fourth-order valence-corrected chi connectivity index (χ4v) is 6.04. The number of rotatable bonds is 11. The Kier molecular flexibility index (Phi) is 10.2. The molecular formula is C30H24Cl5F2NO4. The molecule has 4 rings (SSSR count). The number of hydrogen-bond acceptors (Lipinski definition) is 4. The molecule has 222 valence electrons. The lowest BCUT2D eigenvalue weighted by Crippen LogP contribution is -2.24. The summed E-state index contributed by atoms with van der Waals surface area (Å²) in [5, 5.41) is 3.39. The first-order chi connectivity index (χ1) is 19.8. The van der Waals surface area contributed by atoms with E-state index in [2.05, 4.69) is 5.32 Å². The number of nitrogens with one attached hydrogen (secondary N) is 1. The molecule has 0 spiro atoms. The summed E-state index contributed by atoms with van der Waals surface area (Å²) in [6.07, 6.45) is -1.84. The molecule has 5 nitrogen and oxygen atoms in total. The highest BCUT2D eigenvalue weighted by Gasteiger charge is 2.67. The van der Waals surface area contributed by atoms with Crippen molar-refractivity contribution in [2.75, 3.05) is 11.9 Å². The van der Waals surface area contributed by atoms with Gasteiger partial charge in [-0.05, 0) is 61.4 Å². The van der Waals surface area contributed by atoms with Crippen LogP contribution >= 0.6 is 58.0 Å². The number of benzene rings is 3. The molecule has 1 saturated carbocycles. The molecule has 0 aromatic heterocycles. The van der Waals surface area contributed by atoms with Crippen LogP contribution in [0.2, 0.25) is 15.1 Å². The number of hydrogen-bond donors (Lipinski definition) is 1. The van der Waals surface area contributed by atoms with E-state index in [4.69, 9.17) is 62.7 Å². The minimum Gasteiger partial charge on any atom is -0.371 e. The molecule has 1 N–H and O–H groups in total. The molecule has 12 heteroatoms. The summed E-state index contributed by atoms with van der Waals surface area (Å²) in [4.78, 5) is 38.6. The smallest absolute Gasteiger partial charge is 0.231 e. The molecule has 1 amide bonds. The van der Waals surface area contributed by atoms with E-state index in [0.717, 1.165) is 12.1 Å². The molecule has 1 aliphatic carbocycles. The van der Waals surface area contributed by atoms with Gasteiger partial charge in [0.1, 0.15) is 22.1 Å². The van der Waals surface area contributed by atoms with Crippen LogP contribution in [0.15, 0.2) is 48.5 Å². The van der Waals surface area contributed by atoms with Gasteiger partial charge in [-0.25, -0.2) is 8.78 Å². The number of amides is 1. The first-order valence-electron chi connectivity index (χ1n) is 12.8. The van der Waals surface area contributed by atoms with E-state index < -0.39 is 69.8 Å². The van der Waals surface area contributed by atoms with Crippen LogP contribution < -0.4 is 5.32 Å². The van der Waals surface area contributed by atoms with Gasteiger partial charge in [-0.15, -0.1) is 23.2 Å². The van der Waals surface area contributed by atoms with Gasteiger partial charge in [0.05, 0.1) is 21.0 Å². The number of halogens is 7. The lowest BCUT2D eigenvalue weighted by Gasteiger charge is -2.13. The van der Waals surface area contributed by atoms with E-state index in [1.54, 1.807) is 25.1 Å². The molecule has 3 aromatic carbocycles. The molecule has 42 heavy (non-hydrogen) atoms. The molecule has 1 aliphatic rings. The van der Waals surface area contributed by atoms with Crippen LogP contribution in [0.1, 0.15) is 46.8 Å². The highest BCUT2D eigenvalue weighted by atomic mass is 35.5. The Balaban J connectivity index is 1.50. The third kappa shape index (κ3) is 6.93. The fourth-order valence-electron chi connectivity index (χ4n) is 4.68. The van der Waals surface area contributed by atoms with E-state index >= 15 is 4.39 Å². The molecule has 0 bridgehead atoms. The quantitative estimate of drug-likeness (QED) is 0.163. The molecule has 0 saturated heterocycles. The predicted octanol–water partition coefficient (Wildman–Crippen LogP) is 8.41. The van der Waals surface area contributed by atoms with Crippen molar-refractivity contribution in [3.63, 3.8) is 0 Å². The normalized spacial score (nSPS) is 17.9. The zero-order chi connectivity index (χ0) is 30.9. The fraction of sp³-hybridized carbons (Fsp3) is 0.300. The van der Waals surface area contributed by atoms with E-state index in [0.29, 0.717) is 15.6 Å². The van der Waals surface area contributed by atoms with Crippen molar-refractivity contribution in [2.24, 2.45) is 5.92 Å². The Bertz CT molecular complexity index is 1560. The number of anilines is 1. The first-order valence-corrected chi connectivity index (χ1v) is 14.7. The third-order valence-electron chi connectivity index (χ3n) is 7.01. The van der Waals surface area contributed by atoms with Gasteiger partial charge in [0.25, 0.3) is 0 Å². The summed E-state index contributed by atoms with van der Waals surface area (Å²) in [6, 6.07) is 11.2. The Morgan fingerprint density at radius 3 is 2.31 bits per heavy atom. The maximum atomic E-state index is 15.2. The van der Waals surface area contributed by atoms with Crippen LogP contribution in [0.25, 0.3) is 0 Å². The second kappa shape index (κ2) is 13.2. The monoisotopic (exact) mass is 675 g/mol. The van der Waals surface area contributed by atoms with Crippen molar-refractivity contribution in [1.82, 2.24) is 0 Å². The second-order valence-electron chi connectivity index (χ2n) is 9.83. The highest BCUT2D eigenvalue weighted by Crippen LogP contribution is 2.65. The molecular weight excluding hydrogens is 654 g/mol. The molecule has 0 heterocycles. The van der Waals surface area contributed by atoms with Crippen molar-refractivity contribution < 1.29 is 27.9 Å². The zero-order valence-corrected chi connectivity index (χ0v) is 26.0. The third-order valence-corrected chi connectivity index (χ3v) is 9.02. The number of ketones is 2. The summed E-state index contributed by atoms with van der Waals surface area (Å²) in [5.74, 6) is -4.88. The number of alkyl halides is 2. The van der Waals surface area contributed by atoms with E-state index in [1.165, 1.54) is 25.1 Å². The SMILES string of the molecule is CCOC(C)C(=O)Cc1c(F)ccc(CC(=O)c2cc(NC(=O)[C@H]3[C@H](c4ccc(Cl)c(Cl)c4)C3(Cl)Cl)ccc2Cl)c1F. The van der Waals surface area contributed by atoms with Gasteiger partial charge in [-0.3, -0.25) is 14.4 Å². The molecule has 1 unspecified atom stereocenters. The van der Waals surface area contributed by atoms with Crippen molar-refractivity contribution in [3.8, 4) is 0 Å². The number of Topliss-reactive ketones (excluding diaryl/α,β-unsaturated/α-hetero) is 2. The van der Waals surface area contributed by atoms with Crippen LogP contribution in [-0.4, -0.2) is 34.5 Å². The molecule has 1 fully saturated rings. The van der Waals surface area contributed by atoms with Crippen LogP contribution in [-0.2, 0) is 27.2 Å². The molecule has 0 aliphatic heterocycles. The minimum absolute atomic E-state index is 0.000580. The van der Waals surface area contributed by atoms with Crippen LogP contribution in [0, 0.1) is 17.6 Å². The summed E-state index contributed by atoms with van der Waals surface area (Å²) in [5.41, 5.74) is 0.301. The summed E-state index contributed by atoms with van der Waals surface area (Å²) >= 11 is 31.2. The Morgan fingerprint density at radius 1 is 0.952 bits per heavy atom. The molecule has 3 atom stereocenters. The first kappa shape index (κ1) is 32.6. The summed E-state index contributed by atoms with van der Waals surface area (Å²) in [6.45, 7) is 3.47. The molecule has 3 aromatic rings. The van der Waals surface area contributed by atoms with Crippen LogP contribution in [0.3, 0.4) is 0 Å². The number of carbonyl (C=O) groups is 3. The lowest BCUT2D eigenvalue weighted by molar-refractivity contribution is -0.128. The Morgan fingerprint density at radius 2 is 1.64 bits per heavy atom. The topological polar surface area (TPSA) is 72.5 Å². The van der Waals surface area contributed by atoms with Gasteiger partial charge in [-0.1, -0.05) is 46.9 Å². The number of carbonyl (C=O) groups excluding carboxylic acids is 3. The highest BCUT2D eigenvalue weighted by molar-refractivity contribution is 6.53. The average Bonchev–Trinajstić information content (AvgIpc) is 3.52. The Hall–Kier alpha value is -2.26. The Labute approximate surface area is 266 Å². The number of ether oxygens (including phenoxy) is 1. The van der Waals surface area contributed by atoms with Gasteiger partial charge in [0.2, 0.25) is 5.91 Å². The van der Waals surface area contributed by atoms with E-state index in [1.807, 2.05) is 0 Å². The molecule has 0 radical (unpaired) electrons. The van der Waals surface area contributed by atoms with Crippen LogP contribution in [0.5, 0.6) is 0 Å². The van der Waals surface area contributed by atoms with Gasteiger partial charge < -0.3 is 10.1 Å². The van der Waals surface area contributed by atoms with Gasteiger partial charge in [-0.2, -0.15) is 0 Å². The van der Waals surface area contributed by atoms with E-state index in [9.17, 15) is 18.8 Å². The lowest BCUT2D eigenvalue weighted by atomic mass is 9.97. The second-order valence-corrected chi connectivity index (χ2v) is 12.5. The predicted molar refractivity (Wildman–Crippen MR) is 161 cm³/mol. The van der Waals surface area contributed by atoms with Crippen LogP contribution in [0.4, 0.5) is 14.5 Å². The van der Waals surface area contributed by atoms with Gasteiger partial charge in [0.15, 0.2) is 11.6 Å². The van der Waals surface area contributed by atoms with Gasteiger partial charge in [0, 0.05) is 42.2 Å². The van der Waals surface area contributed by atoms with Crippen molar-refractivity contribution in [2.45, 2.75) is 43.0 Å². The summed E-state index contributed by atoms with van der Waals surface area (Å²) < 4.78 is 33.5.